The molecule has 0 bridgehead atoms. The Hall–Kier alpha value is -2.86. The molecule has 0 aliphatic carbocycles. The van der Waals surface area contributed by atoms with Gasteiger partial charge >= 0.3 is 0 Å². The molecule has 0 aliphatic heterocycles. The molecular formula is C20H24N2O4. The summed E-state index contributed by atoms with van der Waals surface area (Å²) >= 11 is 0. The number of aliphatic hydroxyl groups excluding tert-OH is 1. The summed E-state index contributed by atoms with van der Waals surface area (Å²) in [5.41, 5.74) is 1.27. The van der Waals surface area contributed by atoms with Gasteiger partial charge in [0.1, 0.15) is 11.8 Å². The van der Waals surface area contributed by atoms with Crippen molar-refractivity contribution in [3.8, 4) is 5.75 Å². The largest absolute Gasteiger partial charge is 0.484 e. The first-order valence-corrected chi connectivity index (χ1v) is 8.47. The predicted molar refractivity (Wildman–Crippen MR) is 99.7 cm³/mol. The molecule has 138 valence electrons. The second-order valence-corrected chi connectivity index (χ2v) is 6.24. The van der Waals surface area contributed by atoms with Crippen LogP contribution in [0, 0.1) is 5.92 Å². The van der Waals surface area contributed by atoms with E-state index in [1.54, 1.807) is 36.4 Å². The maximum Gasteiger partial charge on any atom is 0.258 e. The average Bonchev–Trinajstić information content (AvgIpc) is 2.65. The summed E-state index contributed by atoms with van der Waals surface area (Å²) in [7, 11) is 0. The molecule has 0 radical (unpaired) electrons. The number of amides is 2. The Bertz CT molecular complexity index is 732. The molecule has 0 saturated carbocycles. The molecule has 1 unspecified atom stereocenters. The van der Waals surface area contributed by atoms with Crippen molar-refractivity contribution < 1.29 is 19.4 Å². The number of para-hydroxylation sites is 1. The molecule has 1 atom stereocenters. The number of benzene rings is 2. The number of rotatable bonds is 8. The quantitative estimate of drug-likeness (QED) is 0.677. The molecule has 0 aliphatic rings. The Balaban J connectivity index is 1.94. The summed E-state index contributed by atoms with van der Waals surface area (Å²) in [6.45, 7) is 3.44. The SMILES string of the molecule is CC(C)C(NC(=O)COc1ccccc1)C(=O)Nc1cccc(CO)c1. The maximum atomic E-state index is 12.5. The lowest BCUT2D eigenvalue weighted by molar-refractivity contribution is -0.128. The van der Waals surface area contributed by atoms with Crippen LogP contribution in [0.15, 0.2) is 54.6 Å². The molecule has 2 rings (SSSR count). The average molecular weight is 356 g/mol. The van der Waals surface area contributed by atoms with E-state index in [-0.39, 0.29) is 30.9 Å². The molecule has 6 nitrogen and oxygen atoms in total. The Morgan fingerprint density at radius 2 is 1.81 bits per heavy atom. The van der Waals surface area contributed by atoms with Crippen molar-refractivity contribution in [2.75, 3.05) is 11.9 Å². The van der Waals surface area contributed by atoms with Gasteiger partial charge in [0, 0.05) is 5.69 Å². The summed E-state index contributed by atoms with van der Waals surface area (Å²) < 4.78 is 5.41. The van der Waals surface area contributed by atoms with Crippen LogP contribution in [0.25, 0.3) is 0 Å². The summed E-state index contributed by atoms with van der Waals surface area (Å²) in [5.74, 6) is -0.194. The first-order valence-electron chi connectivity index (χ1n) is 8.47. The van der Waals surface area contributed by atoms with Gasteiger partial charge < -0.3 is 20.5 Å². The third-order valence-electron chi connectivity index (χ3n) is 3.76. The van der Waals surface area contributed by atoms with Crippen molar-refractivity contribution in [2.45, 2.75) is 26.5 Å². The Kier molecular flexibility index (Phi) is 7.17. The van der Waals surface area contributed by atoms with Crippen LogP contribution in [0.1, 0.15) is 19.4 Å². The number of hydrogen-bond acceptors (Lipinski definition) is 4. The van der Waals surface area contributed by atoms with Crippen LogP contribution in [-0.4, -0.2) is 29.6 Å². The number of anilines is 1. The van der Waals surface area contributed by atoms with E-state index < -0.39 is 6.04 Å². The highest BCUT2D eigenvalue weighted by atomic mass is 16.5. The number of nitrogens with one attached hydrogen (secondary N) is 2. The topological polar surface area (TPSA) is 87.7 Å². The minimum atomic E-state index is -0.695. The van der Waals surface area contributed by atoms with Crippen molar-refractivity contribution in [1.82, 2.24) is 5.32 Å². The lowest BCUT2D eigenvalue weighted by Crippen LogP contribution is -2.48. The molecule has 2 aromatic carbocycles. The van der Waals surface area contributed by atoms with Crippen molar-refractivity contribution in [1.29, 1.82) is 0 Å². The van der Waals surface area contributed by atoms with Crippen molar-refractivity contribution in [3.05, 3.63) is 60.2 Å². The van der Waals surface area contributed by atoms with E-state index in [1.165, 1.54) is 0 Å². The molecule has 2 amide bonds. The van der Waals surface area contributed by atoms with E-state index in [9.17, 15) is 14.7 Å². The summed E-state index contributed by atoms with van der Waals surface area (Å²) in [6.07, 6.45) is 0. The second kappa shape index (κ2) is 9.58. The van der Waals surface area contributed by atoms with Gasteiger partial charge in [-0.1, -0.05) is 44.2 Å². The van der Waals surface area contributed by atoms with Crippen LogP contribution in [-0.2, 0) is 16.2 Å². The maximum absolute atomic E-state index is 12.5. The number of aliphatic hydroxyl groups is 1. The fourth-order valence-corrected chi connectivity index (χ4v) is 2.38. The number of carbonyl (C=O) groups excluding carboxylic acids is 2. The zero-order valence-electron chi connectivity index (χ0n) is 14.9. The third kappa shape index (κ3) is 5.89. The first-order chi connectivity index (χ1) is 12.5. The Morgan fingerprint density at radius 1 is 1.08 bits per heavy atom. The molecule has 0 spiro atoms. The summed E-state index contributed by atoms with van der Waals surface area (Å²) in [6, 6.07) is 15.2. The second-order valence-electron chi connectivity index (χ2n) is 6.24. The van der Waals surface area contributed by atoms with Gasteiger partial charge in [-0.05, 0) is 35.7 Å². The van der Waals surface area contributed by atoms with Crippen molar-refractivity contribution in [3.63, 3.8) is 0 Å². The highest BCUT2D eigenvalue weighted by Crippen LogP contribution is 2.13. The van der Waals surface area contributed by atoms with Crippen LogP contribution in [0.5, 0.6) is 5.75 Å². The molecule has 6 heteroatoms. The zero-order valence-corrected chi connectivity index (χ0v) is 14.9. The molecule has 26 heavy (non-hydrogen) atoms. The number of hydrogen-bond donors (Lipinski definition) is 3. The van der Waals surface area contributed by atoms with Crippen LogP contribution < -0.4 is 15.4 Å². The van der Waals surface area contributed by atoms with Crippen molar-refractivity contribution in [2.24, 2.45) is 5.92 Å². The van der Waals surface area contributed by atoms with Crippen LogP contribution in [0.4, 0.5) is 5.69 Å². The molecule has 0 saturated heterocycles. The van der Waals surface area contributed by atoms with Gasteiger partial charge in [0.2, 0.25) is 5.91 Å². The van der Waals surface area contributed by atoms with E-state index in [0.717, 1.165) is 0 Å². The van der Waals surface area contributed by atoms with Gasteiger partial charge in [-0.3, -0.25) is 9.59 Å². The van der Waals surface area contributed by atoms with Gasteiger partial charge in [0.15, 0.2) is 6.61 Å². The smallest absolute Gasteiger partial charge is 0.258 e. The summed E-state index contributed by atoms with van der Waals surface area (Å²) in [4.78, 5) is 24.7. The standard InChI is InChI=1S/C20H24N2O4/c1-14(2)19(20(25)21-16-8-6-7-15(11-16)12-23)22-18(24)13-26-17-9-4-3-5-10-17/h3-11,14,19,23H,12-13H2,1-2H3,(H,21,25)(H,22,24). The lowest BCUT2D eigenvalue weighted by Gasteiger charge is -2.22. The highest BCUT2D eigenvalue weighted by Gasteiger charge is 2.24. The van der Waals surface area contributed by atoms with Gasteiger partial charge in [-0.15, -0.1) is 0 Å². The van der Waals surface area contributed by atoms with Crippen molar-refractivity contribution >= 4 is 17.5 Å². The number of ether oxygens (including phenoxy) is 1. The third-order valence-corrected chi connectivity index (χ3v) is 3.76. The zero-order chi connectivity index (χ0) is 18.9. The van der Waals surface area contributed by atoms with E-state index in [1.807, 2.05) is 32.0 Å². The molecular weight excluding hydrogens is 332 g/mol. The lowest BCUT2D eigenvalue weighted by atomic mass is 10.0. The monoisotopic (exact) mass is 356 g/mol. The molecule has 2 aromatic rings. The van der Waals surface area contributed by atoms with E-state index in [4.69, 9.17) is 4.74 Å². The first kappa shape index (κ1) is 19.5. The van der Waals surface area contributed by atoms with E-state index in [2.05, 4.69) is 10.6 Å². The fraction of sp³-hybridized carbons (Fsp3) is 0.300. The van der Waals surface area contributed by atoms with Gasteiger partial charge in [0.25, 0.3) is 5.91 Å². The summed E-state index contributed by atoms with van der Waals surface area (Å²) in [5, 5.41) is 14.7. The van der Waals surface area contributed by atoms with Gasteiger partial charge in [-0.2, -0.15) is 0 Å². The Morgan fingerprint density at radius 3 is 2.46 bits per heavy atom. The van der Waals surface area contributed by atoms with Crippen LogP contribution >= 0.6 is 0 Å². The van der Waals surface area contributed by atoms with Gasteiger partial charge in [-0.25, -0.2) is 0 Å². The molecule has 0 fully saturated rings. The fourth-order valence-electron chi connectivity index (χ4n) is 2.38. The predicted octanol–water partition coefficient (Wildman–Crippen LogP) is 2.34. The molecule has 0 heterocycles. The van der Waals surface area contributed by atoms with Gasteiger partial charge in [0.05, 0.1) is 6.61 Å². The normalized spacial score (nSPS) is 11.7. The highest BCUT2D eigenvalue weighted by molar-refractivity contribution is 5.97. The number of carbonyl (C=O) groups is 2. The van der Waals surface area contributed by atoms with E-state index >= 15 is 0 Å². The minimum absolute atomic E-state index is 0.100. The Labute approximate surface area is 153 Å². The van der Waals surface area contributed by atoms with E-state index in [0.29, 0.717) is 17.0 Å². The molecule has 0 aromatic heterocycles. The minimum Gasteiger partial charge on any atom is -0.484 e. The molecule has 3 N–H and O–H groups in total. The van der Waals surface area contributed by atoms with Crippen LogP contribution in [0.2, 0.25) is 0 Å². The van der Waals surface area contributed by atoms with Crippen LogP contribution in [0.3, 0.4) is 0 Å².